The van der Waals surface area contributed by atoms with Gasteiger partial charge in [0.1, 0.15) is 0 Å². The maximum absolute atomic E-state index is 4.96. The molecule has 1 rings (SSSR count). The number of ether oxygens (including phenoxy) is 1. The first kappa shape index (κ1) is 8.62. The van der Waals surface area contributed by atoms with Gasteiger partial charge in [0.2, 0.25) is 0 Å². The molecule has 0 aliphatic heterocycles. The van der Waals surface area contributed by atoms with Crippen molar-refractivity contribution in [2.75, 3.05) is 13.0 Å². The zero-order chi connectivity index (χ0) is 8.10. The van der Waals surface area contributed by atoms with Gasteiger partial charge in [-0.25, -0.2) is 0 Å². The van der Waals surface area contributed by atoms with E-state index >= 15 is 0 Å². The quantitative estimate of drug-likeness (QED) is 0.507. The lowest BCUT2D eigenvalue weighted by molar-refractivity contribution is 0.259. The molecule has 0 spiro atoms. The van der Waals surface area contributed by atoms with Gasteiger partial charge in [0, 0.05) is 12.0 Å². The maximum Gasteiger partial charge on any atom is 0.0963 e. The Kier molecular flexibility index (Phi) is 3.46. The van der Waals surface area contributed by atoms with Crippen LogP contribution in [0.4, 0.5) is 0 Å². The van der Waals surface area contributed by atoms with Crippen molar-refractivity contribution in [1.29, 1.82) is 0 Å². The van der Waals surface area contributed by atoms with Gasteiger partial charge in [-0.05, 0) is 18.6 Å². The van der Waals surface area contributed by atoms with Crippen LogP contribution in [0.2, 0.25) is 0 Å². The zero-order valence-electron chi connectivity index (χ0n) is 6.83. The molecule has 0 atom stereocenters. The van der Waals surface area contributed by atoms with Gasteiger partial charge in [0.25, 0.3) is 0 Å². The van der Waals surface area contributed by atoms with Crippen LogP contribution >= 0.6 is 11.8 Å². The van der Waals surface area contributed by atoms with E-state index in [0.717, 1.165) is 5.94 Å². The Morgan fingerprint density at radius 3 is 2.73 bits per heavy atom. The summed E-state index contributed by atoms with van der Waals surface area (Å²) in [6.45, 7) is 2.11. The van der Waals surface area contributed by atoms with Crippen molar-refractivity contribution in [2.24, 2.45) is 0 Å². The summed E-state index contributed by atoms with van der Waals surface area (Å²) in [5.41, 5.74) is 1.31. The molecule has 0 N–H and O–H groups in total. The minimum Gasteiger partial charge on any atom is -0.374 e. The van der Waals surface area contributed by atoms with Gasteiger partial charge in [-0.15, -0.1) is 0 Å². The predicted octanol–water partition coefficient (Wildman–Crippen LogP) is 2.69. The maximum atomic E-state index is 4.96. The summed E-state index contributed by atoms with van der Waals surface area (Å²) in [7, 11) is 1.71. The number of thioether (sulfide) groups is 1. The second-order valence-corrected chi connectivity index (χ2v) is 3.28. The summed E-state index contributed by atoms with van der Waals surface area (Å²) in [6, 6.07) is 8.31. The van der Waals surface area contributed by atoms with Crippen molar-refractivity contribution < 1.29 is 4.74 Å². The largest absolute Gasteiger partial charge is 0.374 e. The standard InChI is InChI=1S/C9H12OS/c1-8-5-3-4-6-9(8)11-7-10-2/h3-6H,7H2,1-2H3. The minimum atomic E-state index is 0.727. The van der Waals surface area contributed by atoms with Crippen LogP contribution in [0.5, 0.6) is 0 Å². The van der Waals surface area contributed by atoms with E-state index in [0.29, 0.717) is 0 Å². The molecule has 11 heavy (non-hydrogen) atoms. The van der Waals surface area contributed by atoms with Crippen molar-refractivity contribution in [3.63, 3.8) is 0 Å². The van der Waals surface area contributed by atoms with Crippen LogP contribution in [0.3, 0.4) is 0 Å². The second-order valence-electron chi connectivity index (χ2n) is 2.32. The third-order valence-corrected chi connectivity index (χ3v) is 2.55. The number of benzene rings is 1. The summed E-state index contributed by atoms with van der Waals surface area (Å²) in [6.07, 6.45) is 0. The monoisotopic (exact) mass is 168 g/mol. The molecule has 0 aliphatic carbocycles. The molecule has 60 valence electrons. The molecule has 0 radical (unpaired) electrons. The summed E-state index contributed by atoms with van der Waals surface area (Å²) < 4.78 is 4.96. The fourth-order valence-electron chi connectivity index (χ4n) is 0.841. The predicted molar refractivity (Wildman–Crippen MR) is 48.9 cm³/mol. The van der Waals surface area contributed by atoms with Gasteiger partial charge in [0.15, 0.2) is 0 Å². The molecule has 0 aromatic heterocycles. The molecular formula is C9H12OS. The van der Waals surface area contributed by atoms with Crippen LogP contribution in [0, 0.1) is 6.92 Å². The highest BCUT2D eigenvalue weighted by Gasteiger charge is 1.94. The average molecular weight is 168 g/mol. The Balaban J connectivity index is 2.62. The average Bonchev–Trinajstić information content (AvgIpc) is 2.03. The molecule has 2 heteroatoms. The highest BCUT2D eigenvalue weighted by Crippen LogP contribution is 2.20. The molecule has 0 aliphatic rings. The Morgan fingerprint density at radius 2 is 2.09 bits per heavy atom. The van der Waals surface area contributed by atoms with Gasteiger partial charge in [-0.3, -0.25) is 0 Å². The second kappa shape index (κ2) is 4.42. The molecule has 1 nitrogen and oxygen atoms in total. The third-order valence-electron chi connectivity index (χ3n) is 1.43. The lowest BCUT2D eigenvalue weighted by Gasteiger charge is -2.02. The van der Waals surface area contributed by atoms with Gasteiger partial charge < -0.3 is 4.74 Å². The van der Waals surface area contributed by atoms with Crippen LogP contribution in [0.15, 0.2) is 29.2 Å². The molecule has 0 fully saturated rings. The highest BCUT2D eigenvalue weighted by atomic mass is 32.2. The van der Waals surface area contributed by atoms with Crippen molar-refractivity contribution in [2.45, 2.75) is 11.8 Å². The van der Waals surface area contributed by atoms with Crippen molar-refractivity contribution in [1.82, 2.24) is 0 Å². The van der Waals surface area contributed by atoms with E-state index in [-0.39, 0.29) is 0 Å². The smallest absolute Gasteiger partial charge is 0.0963 e. The molecule has 0 amide bonds. The van der Waals surface area contributed by atoms with Crippen LogP contribution in [0.25, 0.3) is 0 Å². The number of rotatable bonds is 3. The first-order valence-corrected chi connectivity index (χ1v) is 4.50. The number of aryl methyl sites for hydroxylation is 1. The van der Waals surface area contributed by atoms with Crippen LogP contribution in [0.1, 0.15) is 5.56 Å². The van der Waals surface area contributed by atoms with Crippen LogP contribution in [-0.4, -0.2) is 13.0 Å². The van der Waals surface area contributed by atoms with E-state index in [2.05, 4.69) is 19.1 Å². The van der Waals surface area contributed by atoms with Crippen molar-refractivity contribution in [3.8, 4) is 0 Å². The summed E-state index contributed by atoms with van der Waals surface area (Å²) >= 11 is 1.72. The first-order chi connectivity index (χ1) is 5.34. The Morgan fingerprint density at radius 1 is 1.36 bits per heavy atom. The molecule has 0 saturated carbocycles. The SMILES string of the molecule is COCSc1ccccc1C. The van der Waals surface area contributed by atoms with Crippen LogP contribution < -0.4 is 0 Å². The minimum absolute atomic E-state index is 0.727. The number of hydrogen-bond donors (Lipinski definition) is 0. The summed E-state index contributed by atoms with van der Waals surface area (Å²) in [4.78, 5) is 1.30. The third kappa shape index (κ3) is 2.56. The van der Waals surface area contributed by atoms with Crippen LogP contribution in [-0.2, 0) is 4.74 Å². The van der Waals surface area contributed by atoms with Gasteiger partial charge >= 0.3 is 0 Å². The zero-order valence-corrected chi connectivity index (χ0v) is 7.65. The van der Waals surface area contributed by atoms with E-state index in [1.807, 2.05) is 12.1 Å². The molecule has 0 saturated heterocycles. The van der Waals surface area contributed by atoms with Gasteiger partial charge in [-0.1, -0.05) is 30.0 Å². The van der Waals surface area contributed by atoms with E-state index in [9.17, 15) is 0 Å². The van der Waals surface area contributed by atoms with E-state index in [1.54, 1.807) is 18.9 Å². The first-order valence-electron chi connectivity index (χ1n) is 3.52. The van der Waals surface area contributed by atoms with Crippen molar-refractivity contribution >= 4 is 11.8 Å². The van der Waals surface area contributed by atoms with E-state index < -0.39 is 0 Å². The molecule has 0 unspecified atom stereocenters. The fourth-order valence-corrected chi connectivity index (χ4v) is 1.56. The Labute approximate surface area is 71.8 Å². The lowest BCUT2D eigenvalue weighted by atomic mass is 10.2. The Hall–Kier alpha value is -0.470. The molecular weight excluding hydrogens is 156 g/mol. The number of methoxy groups -OCH3 is 1. The van der Waals surface area contributed by atoms with E-state index in [4.69, 9.17) is 4.74 Å². The topological polar surface area (TPSA) is 9.23 Å². The number of hydrogen-bond acceptors (Lipinski definition) is 2. The molecule has 0 bridgehead atoms. The van der Waals surface area contributed by atoms with Crippen molar-refractivity contribution in [3.05, 3.63) is 29.8 Å². The van der Waals surface area contributed by atoms with Gasteiger partial charge in [-0.2, -0.15) is 0 Å². The summed E-state index contributed by atoms with van der Waals surface area (Å²) in [5, 5.41) is 0. The molecule has 0 heterocycles. The normalized spacial score (nSPS) is 10.0. The molecule has 1 aromatic rings. The lowest BCUT2D eigenvalue weighted by Crippen LogP contribution is -1.83. The van der Waals surface area contributed by atoms with E-state index in [1.165, 1.54) is 10.5 Å². The Bertz CT molecular complexity index is 223. The highest BCUT2D eigenvalue weighted by molar-refractivity contribution is 7.99. The molecule has 1 aromatic carbocycles. The van der Waals surface area contributed by atoms with Gasteiger partial charge in [0.05, 0.1) is 5.94 Å². The fraction of sp³-hybridized carbons (Fsp3) is 0.333. The summed E-state index contributed by atoms with van der Waals surface area (Å²) in [5.74, 6) is 0.727.